The van der Waals surface area contributed by atoms with Crippen LogP contribution in [-0.2, 0) is 11.3 Å². The van der Waals surface area contributed by atoms with Crippen molar-refractivity contribution in [1.82, 2.24) is 4.90 Å². The van der Waals surface area contributed by atoms with E-state index < -0.39 is 0 Å². The van der Waals surface area contributed by atoms with Crippen LogP contribution >= 0.6 is 11.8 Å². The van der Waals surface area contributed by atoms with E-state index in [0.717, 1.165) is 5.56 Å². The van der Waals surface area contributed by atoms with E-state index in [2.05, 4.69) is 0 Å². The fourth-order valence-electron chi connectivity index (χ4n) is 1.45. The Morgan fingerprint density at radius 3 is 2.59 bits per heavy atom. The van der Waals surface area contributed by atoms with Gasteiger partial charge in [-0.2, -0.15) is 5.26 Å². The van der Waals surface area contributed by atoms with Crippen molar-refractivity contribution in [3.8, 4) is 6.07 Å². The van der Waals surface area contributed by atoms with Gasteiger partial charge in [-0.25, -0.2) is 0 Å². The van der Waals surface area contributed by atoms with Gasteiger partial charge in [-0.15, -0.1) is 11.8 Å². The first kappa shape index (κ1) is 13.6. The zero-order valence-corrected chi connectivity index (χ0v) is 11.0. The van der Waals surface area contributed by atoms with Crippen molar-refractivity contribution < 1.29 is 4.79 Å². The van der Waals surface area contributed by atoms with Crippen molar-refractivity contribution in [1.29, 1.82) is 5.26 Å². The topological polar surface area (TPSA) is 44.1 Å². The van der Waals surface area contributed by atoms with Gasteiger partial charge in [0.1, 0.15) is 0 Å². The summed E-state index contributed by atoms with van der Waals surface area (Å²) in [6.07, 6.45) is 2.62. The van der Waals surface area contributed by atoms with Crippen LogP contribution < -0.4 is 0 Å². The van der Waals surface area contributed by atoms with Crippen molar-refractivity contribution in [2.75, 3.05) is 13.3 Å². The molecule has 0 atom stereocenters. The summed E-state index contributed by atoms with van der Waals surface area (Å²) in [7, 11) is 1.77. The zero-order chi connectivity index (χ0) is 12.7. The molecule has 0 aliphatic rings. The van der Waals surface area contributed by atoms with E-state index in [1.807, 2.05) is 36.6 Å². The Labute approximate surface area is 106 Å². The molecule has 0 N–H and O–H groups in total. The molecule has 0 saturated carbocycles. The molecule has 1 aromatic rings. The summed E-state index contributed by atoms with van der Waals surface area (Å²) in [6.45, 7) is 0.596. The monoisotopic (exact) mass is 248 g/mol. The lowest BCUT2D eigenvalue weighted by atomic mass is 10.2. The predicted octanol–water partition coefficient (Wildman–Crippen LogP) is 2.67. The number of rotatable bonds is 5. The number of benzene rings is 1. The molecule has 1 amide bonds. The maximum absolute atomic E-state index is 11.6. The van der Waals surface area contributed by atoms with Gasteiger partial charge in [0.05, 0.1) is 6.07 Å². The molecule has 0 unspecified atom stereocenters. The Morgan fingerprint density at radius 1 is 1.41 bits per heavy atom. The summed E-state index contributed by atoms with van der Waals surface area (Å²) < 4.78 is 0. The highest BCUT2D eigenvalue weighted by molar-refractivity contribution is 7.98. The lowest BCUT2D eigenvalue weighted by molar-refractivity contribution is -0.130. The van der Waals surface area contributed by atoms with Crippen LogP contribution in [-0.4, -0.2) is 24.1 Å². The lowest BCUT2D eigenvalue weighted by Crippen LogP contribution is -2.25. The smallest absolute Gasteiger partial charge is 0.223 e. The highest BCUT2D eigenvalue weighted by atomic mass is 32.2. The first-order valence-corrected chi connectivity index (χ1v) is 6.63. The summed E-state index contributed by atoms with van der Waals surface area (Å²) >= 11 is 1.70. The van der Waals surface area contributed by atoms with Gasteiger partial charge in [-0.1, -0.05) is 12.1 Å². The molecule has 17 heavy (non-hydrogen) atoms. The van der Waals surface area contributed by atoms with Crippen molar-refractivity contribution in [2.45, 2.75) is 24.3 Å². The average Bonchev–Trinajstić information content (AvgIpc) is 2.36. The van der Waals surface area contributed by atoms with Crippen LogP contribution in [0.5, 0.6) is 0 Å². The Bertz CT molecular complexity index is 408. The predicted molar refractivity (Wildman–Crippen MR) is 69.5 cm³/mol. The molecule has 90 valence electrons. The third-order valence-corrected chi connectivity index (χ3v) is 3.20. The third kappa shape index (κ3) is 4.49. The molecule has 0 aliphatic carbocycles. The minimum absolute atomic E-state index is 0.0143. The van der Waals surface area contributed by atoms with Gasteiger partial charge in [0, 0.05) is 31.3 Å². The Balaban J connectivity index is 2.52. The summed E-state index contributed by atoms with van der Waals surface area (Å²) in [6, 6.07) is 10.1. The number of nitriles is 1. The molecular formula is C13H16N2OS. The molecule has 0 heterocycles. The normalized spacial score (nSPS) is 9.71. The Kier molecular flexibility index (Phi) is 5.58. The van der Waals surface area contributed by atoms with Crippen molar-refractivity contribution in [3.05, 3.63) is 29.8 Å². The number of nitrogens with zero attached hydrogens (tertiary/aromatic N) is 2. The standard InChI is InChI=1S/C13H16N2OS/c1-15(13(16)4-3-9-14)10-11-5-7-12(17-2)8-6-11/h5-8H,3-4,10H2,1-2H3. The molecule has 4 heteroatoms. The van der Waals surface area contributed by atoms with Gasteiger partial charge in [0.25, 0.3) is 0 Å². The molecule has 0 spiro atoms. The van der Waals surface area contributed by atoms with E-state index in [-0.39, 0.29) is 12.3 Å². The van der Waals surface area contributed by atoms with E-state index in [9.17, 15) is 4.79 Å². The van der Waals surface area contributed by atoms with Crippen molar-refractivity contribution in [2.24, 2.45) is 0 Å². The molecule has 0 bridgehead atoms. The number of amides is 1. The largest absolute Gasteiger partial charge is 0.341 e. The molecule has 0 aromatic heterocycles. The fraction of sp³-hybridized carbons (Fsp3) is 0.385. The first-order valence-electron chi connectivity index (χ1n) is 5.41. The SMILES string of the molecule is CSc1ccc(CN(C)C(=O)CCC#N)cc1. The first-order chi connectivity index (χ1) is 8.17. The van der Waals surface area contributed by atoms with Crippen LogP contribution in [0.4, 0.5) is 0 Å². The number of thioether (sulfide) groups is 1. The van der Waals surface area contributed by atoms with E-state index in [1.54, 1.807) is 23.7 Å². The molecule has 0 saturated heterocycles. The van der Waals surface area contributed by atoms with Crippen LogP contribution in [0.25, 0.3) is 0 Å². The maximum atomic E-state index is 11.6. The van der Waals surface area contributed by atoms with Crippen molar-refractivity contribution >= 4 is 17.7 Å². The Hall–Kier alpha value is -1.47. The summed E-state index contributed by atoms with van der Waals surface area (Å²) in [5.74, 6) is 0.0143. The Morgan fingerprint density at radius 2 is 2.06 bits per heavy atom. The highest BCUT2D eigenvalue weighted by Gasteiger charge is 2.08. The molecule has 0 fully saturated rings. The molecule has 0 aliphatic heterocycles. The molecular weight excluding hydrogens is 232 g/mol. The van der Waals surface area contributed by atoms with Crippen LogP contribution in [0.3, 0.4) is 0 Å². The van der Waals surface area contributed by atoms with E-state index in [1.165, 1.54) is 4.90 Å². The zero-order valence-electron chi connectivity index (χ0n) is 10.1. The summed E-state index contributed by atoms with van der Waals surface area (Å²) in [5.41, 5.74) is 1.11. The van der Waals surface area contributed by atoms with E-state index in [0.29, 0.717) is 13.0 Å². The second-order valence-electron chi connectivity index (χ2n) is 3.76. The lowest BCUT2D eigenvalue weighted by Gasteiger charge is -2.16. The minimum Gasteiger partial charge on any atom is -0.341 e. The van der Waals surface area contributed by atoms with Crippen LogP contribution in [0.2, 0.25) is 0 Å². The molecule has 0 radical (unpaired) electrons. The second kappa shape index (κ2) is 6.97. The van der Waals surface area contributed by atoms with Crippen LogP contribution in [0.1, 0.15) is 18.4 Å². The average molecular weight is 248 g/mol. The number of hydrogen-bond acceptors (Lipinski definition) is 3. The number of carbonyl (C=O) groups is 1. The molecule has 1 rings (SSSR count). The fourth-order valence-corrected chi connectivity index (χ4v) is 1.85. The number of carbonyl (C=O) groups excluding carboxylic acids is 1. The maximum Gasteiger partial charge on any atom is 0.223 e. The third-order valence-electron chi connectivity index (χ3n) is 2.46. The van der Waals surface area contributed by atoms with Crippen LogP contribution in [0.15, 0.2) is 29.2 Å². The van der Waals surface area contributed by atoms with Gasteiger partial charge in [0.15, 0.2) is 0 Å². The van der Waals surface area contributed by atoms with Crippen molar-refractivity contribution in [3.63, 3.8) is 0 Å². The molecule has 1 aromatic carbocycles. The van der Waals surface area contributed by atoms with E-state index >= 15 is 0 Å². The van der Waals surface area contributed by atoms with Gasteiger partial charge in [-0.05, 0) is 24.0 Å². The highest BCUT2D eigenvalue weighted by Crippen LogP contribution is 2.15. The van der Waals surface area contributed by atoms with Gasteiger partial charge in [-0.3, -0.25) is 4.79 Å². The summed E-state index contributed by atoms with van der Waals surface area (Å²) in [5, 5.41) is 8.42. The van der Waals surface area contributed by atoms with E-state index in [4.69, 9.17) is 5.26 Å². The van der Waals surface area contributed by atoms with Gasteiger partial charge < -0.3 is 4.90 Å². The van der Waals surface area contributed by atoms with Gasteiger partial charge >= 0.3 is 0 Å². The van der Waals surface area contributed by atoms with Crippen LogP contribution in [0, 0.1) is 11.3 Å². The minimum atomic E-state index is 0.0143. The summed E-state index contributed by atoms with van der Waals surface area (Å²) in [4.78, 5) is 14.5. The second-order valence-corrected chi connectivity index (χ2v) is 4.64. The number of hydrogen-bond donors (Lipinski definition) is 0. The van der Waals surface area contributed by atoms with Gasteiger partial charge in [0.2, 0.25) is 5.91 Å². The molecule has 3 nitrogen and oxygen atoms in total. The quantitative estimate of drug-likeness (QED) is 0.752.